The number of aliphatic hydroxyl groups excluding tert-OH is 2. The van der Waals surface area contributed by atoms with Gasteiger partial charge in [0.25, 0.3) is 11.8 Å². The number of carbonyl (C=O) groups is 3. The smallest absolute Gasteiger partial charge is 0.276 e. The van der Waals surface area contributed by atoms with Crippen LogP contribution in [0.2, 0.25) is 0 Å². The van der Waals surface area contributed by atoms with Crippen LogP contribution in [0.1, 0.15) is 12.1 Å². The summed E-state index contributed by atoms with van der Waals surface area (Å²) < 4.78 is 0.491. The first-order chi connectivity index (χ1) is 17.5. The van der Waals surface area contributed by atoms with Gasteiger partial charge in [-0.3, -0.25) is 14.5 Å². The van der Waals surface area contributed by atoms with E-state index in [1.54, 1.807) is 12.2 Å². The molecule has 1 aromatic rings. The van der Waals surface area contributed by atoms with Crippen LogP contribution in [0.15, 0.2) is 34.0 Å². The number of aliphatic hydroxyl groups is 2. The van der Waals surface area contributed by atoms with Crippen molar-refractivity contribution in [3.05, 3.63) is 34.5 Å². The maximum atomic E-state index is 12.9. The second kappa shape index (κ2) is 10.8. The number of carboxylic acids is 1. The molecule has 2 fully saturated rings. The first kappa shape index (κ1) is 27.1. The molecule has 4 heterocycles. The Kier molecular flexibility index (Phi) is 7.89. The lowest BCUT2D eigenvalue weighted by Gasteiger charge is -2.50. The van der Waals surface area contributed by atoms with Crippen molar-refractivity contribution in [2.24, 2.45) is 5.16 Å². The zero-order chi connectivity index (χ0) is 26.9. The van der Waals surface area contributed by atoms with Crippen LogP contribution in [0.3, 0.4) is 0 Å². The molecule has 0 saturated carbocycles. The molecule has 0 aromatic carbocycles. The third kappa shape index (κ3) is 5.50. The zero-order valence-corrected chi connectivity index (χ0v) is 21.8. The van der Waals surface area contributed by atoms with Gasteiger partial charge in [-0.25, -0.2) is 4.98 Å². The van der Waals surface area contributed by atoms with E-state index >= 15 is 0 Å². The van der Waals surface area contributed by atoms with E-state index in [-0.39, 0.29) is 28.0 Å². The fourth-order valence-corrected chi connectivity index (χ4v) is 6.44. The number of β-lactam (4-membered cyclic amide) rings is 1. The predicted octanol–water partition coefficient (Wildman–Crippen LogP) is -2.39. The molecular formula is C22H28N6O7S2. The zero-order valence-electron chi connectivity index (χ0n) is 20.2. The number of hydrogen-bond donors (Lipinski definition) is 4. The summed E-state index contributed by atoms with van der Waals surface area (Å²) in [4.78, 5) is 47.7. The number of thioether (sulfide) groups is 1. The number of allylic oxidation sites excluding steroid dienone is 1. The molecule has 200 valence electrons. The number of likely N-dealkylation sites (N-methyl/N-ethyl adjacent to an activating group) is 1. The number of quaternary nitrogens is 1. The van der Waals surface area contributed by atoms with Crippen molar-refractivity contribution in [2.75, 3.05) is 45.3 Å². The summed E-state index contributed by atoms with van der Waals surface area (Å²) in [6, 6.07) is -0.971. The number of rotatable bonds is 8. The second-order valence-electron chi connectivity index (χ2n) is 9.25. The average Bonchev–Trinajstić information content (AvgIpc) is 3.28. The van der Waals surface area contributed by atoms with Gasteiger partial charge in [-0.2, -0.15) is 0 Å². The standard InChI is InChI=1S/C22H28N6O7S2/c1-28(7-5-13(29)14(30)8-28)6-3-4-11-9-36-20-16(19(32)27(20)17(11)21(33)34)25-18(31)15(26-35-2)12-10-37-22(23)24-12/h3-4,10,13-14,16,20,29-30H,5-9H2,1-2H3,(H3-,23,24,25,31,33,34)/b4-3+,26-15-/t13-,14+,16+,20+,28?/m0/s1. The Balaban J connectivity index is 1.46. The predicted molar refractivity (Wildman–Crippen MR) is 134 cm³/mol. The number of fused-ring (bicyclic) bond motifs is 1. The number of carboxylic acid groups (broad SMARTS) is 1. The molecule has 3 aliphatic rings. The van der Waals surface area contributed by atoms with E-state index in [1.807, 2.05) is 7.05 Å². The minimum atomic E-state index is -1.49. The summed E-state index contributed by atoms with van der Waals surface area (Å²) >= 11 is 2.43. The molecular weight excluding hydrogens is 524 g/mol. The molecule has 0 bridgehead atoms. The number of nitrogens with two attached hydrogens (primary N) is 1. The fourth-order valence-electron chi connectivity index (χ4n) is 4.58. The SMILES string of the molecule is CO/N=C(\C(=O)N[C@@H]1C(=O)N2C(C(=O)[O-])=C(/C=C/C[N+]3(C)CC[C@H](O)[C@H](O)C3)CS[C@H]12)c1csc(N)n1. The van der Waals surface area contributed by atoms with Crippen LogP contribution >= 0.6 is 23.1 Å². The Morgan fingerprint density at radius 1 is 1.43 bits per heavy atom. The molecule has 5 N–H and O–H groups in total. The van der Waals surface area contributed by atoms with Crippen molar-refractivity contribution in [3.8, 4) is 0 Å². The van der Waals surface area contributed by atoms with Gasteiger partial charge in [0.1, 0.15) is 36.9 Å². The number of thiazole rings is 1. The molecule has 3 aliphatic heterocycles. The van der Waals surface area contributed by atoms with E-state index in [4.69, 9.17) is 10.6 Å². The van der Waals surface area contributed by atoms with Crippen LogP contribution in [-0.4, -0.2) is 111 Å². The molecule has 0 aliphatic carbocycles. The normalized spacial score (nSPS) is 30.2. The highest BCUT2D eigenvalue weighted by Crippen LogP contribution is 2.40. The van der Waals surface area contributed by atoms with Crippen LogP contribution in [-0.2, 0) is 19.2 Å². The summed E-state index contributed by atoms with van der Waals surface area (Å²) in [6.07, 6.45) is 2.38. The van der Waals surface area contributed by atoms with Gasteiger partial charge in [-0.15, -0.1) is 23.1 Å². The molecule has 4 rings (SSSR count). The number of piperidine rings is 1. The van der Waals surface area contributed by atoms with Crippen molar-refractivity contribution < 1.29 is 39.0 Å². The van der Waals surface area contributed by atoms with Crippen molar-refractivity contribution in [3.63, 3.8) is 0 Å². The van der Waals surface area contributed by atoms with E-state index in [0.717, 1.165) is 16.2 Å². The topological polar surface area (TPSA) is 190 Å². The number of anilines is 1. The number of carbonyl (C=O) groups excluding carboxylic acids is 3. The van der Waals surface area contributed by atoms with E-state index < -0.39 is 41.4 Å². The number of amides is 2. The number of oxime groups is 1. The minimum Gasteiger partial charge on any atom is -0.543 e. The molecule has 5 atom stereocenters. The van der Waals surface area contributed by atoms with Gasteiger partial charge < -0.3 is 40.5 Å². The van der Waals surface area contributed by atoms with Gasteiger partial charge in [0.2, 0.25) is 0 Å². The number of nitrogen functional groups attached to an aromatic ring is 1. The number of hydrogen-bond acceptors (Lipinski definition) is 12. The summed E-state index contributed by atoms with van der Waals surface area (Å²) in [7, 11) is 3.22. The largest absolute Gasteiger partial charge is 0.543 e. The van der Waals surface area contributed by atoms with Crippen LogP contribution in [0.25, 0.3) is 0 Å². The third-order valence-electron chi connectivity index (χ3n) is 6.54. The van der Waals surface area contributed by atoms with E-state index in [1.165, 1.54) is 24.3 Å². The maximum absolute atomic E-state index is 12.9. The second-order valence-corrected chi connectivity index (χ2v) is 11.2. The Bertz CT molecular complexity index is 1180. The van der Waals surface area contributed by atoms with Crippen LogP contribution in [0, 0.1) is 0 Å². The summed E-state index contributed by atoms with van der Waals surface area (Å²) in [5.41, 5.74) is 5.86. The van der Waals surface area contributed by atoms with Gasteiger partial charge in [0.05, 0.1) is 37.9 Å². The molecule has 13 nitrogen and oxygen atoms in total. The average molecular weight is 553 g/mol. The Hall–Kier alpha value is -2.98. The van der Waals surface area contributed by atoms with E-state index in [2.05, 4.69) is 15.5 Å². The van der Waals surface area contributed by atoms with Crippen LogP contribution < -0.4 is 16.2 Å². The molecule has 0 radical (unpaired) electrons. The third-order valence-corrected chi connectivity index (χ3v) is 8.52. The number of nitrogens with zero attached hydrogens (tertiary/aromatic N) is 4. The fraction of sp³-hybridized carbons (Fsp3) is 0.500. The highest BCUT2D eigenvalue weighted by molar-refractivity contribution is 8.00. The minimum absolute atomic E-state index is 0.159. The monoisotopic (exact) mass is 552 g/mol. The Labute approximate surface area is 220 Å². The summed E-state index contributed by atoms with van der Waals surface area (Å²) in [5, 5.41) is 39.2. The van der Waals surface area contributed by atoms with Gasteiger partial charge in [0.15, 0.2) is 10.8 Å². The van der Waals surface area contributed by atoms with Crippen molar-refractivity contribution in [1.82, 2.24) is 15.2 Å². The molecule has 15 heteroatoms. The lowest BCUT2D eigenvalue weighted by Crippen LogP contribution is -2.71. The maximum Gasteiger partial charge on any atom is 0.276 e. The number of likely N-dealkylation sites (tertiary alicyclic amines) is 1. The quantitative estimate of drug-likeness (QED) is 0.117. The molecule has 2 amide bonds. The molecule has 1 unspecified atom stereocenters. The summed E-state index contributed by atoms with van der Waals surface area (Å²) in [5.74, 6) is -2.49. The molecule has 0 spiro atoms. The first-order valence-electron chi connectivity index (χ1n) is 11.4. The van der Waals surface area contributed by atoms with Crippen LogP contribution in [0.4, 0.5) is 5.13 Å². The van der Waals surface area contributed by atoms with Gasteiger partial charge in [0, 0.05) is 17.6 Å². The summed E-state index contributed by atoms with van der Waals surface area (Å²) in [6.45, 7) is 1.55. The lowest BCUT2D eigenvalue weighted by atomic mass is 10.0. The van der Waals surface area contributed by atoms with Crippen molar-refractivity contribution in [1.29, 1.82) is 0 Å². The molecule has 37 heavy (non-hydrogen) atoms. The Morgan fingerprint density at radius 2 is 2.19 bits per heavy atom. The van der Waals surface area contributed by atoms with E-state index in [0.29, 0.717) is 36.1 Å². The van der Waals surface area contributed by atoms with E-state index in [9.17, 15) is 29.7 Å². The highest BCUT2D eigenvalue weighted by atomic mass is 32.2. The van der Waals surface area contributed by atoms with Crippen LogP contribution in [0.5, 0.6) is 0 Å². The van der Waals surface area contributed by atoms with Crippen molar-refractivity contribution >= 4 is 51.7 Å². The number of aliphatic carboxylic acids is 1. The molecule has 1 aromatic heterocycles. The van der Waals surface area contributed by atoms with Gasteiger partial charge in [-0.05, 0) is 11.6 Å². The van der Waals surface area contributed by atoms with Gasteiger partial charge >= 0.3 is 0 Å². The lowest BCUT2D eigenvalue weighted by molar-refractivity contribution is -0.913. The number of nitrogens with one attached hydrogen (secondary N) is 1. The molecule has 2 saturated heterocycles. The Morgan fingerprint density at radius 3 is 2.81 bits per heavy atom. The number of aromatic nitrogens is 1. The first-order valence-corrected chi connectivity index (χ1v) is 13.4. The highest BCUT2D eigenvalue weighted by Gasteiger charge is 2.53. The van der Waals surface area contributed by atoms with Crippen molar-refractivity contribution in [2.45, 2.75) is 30.0 Å². The van der Waals surface area contributed by atoms with Gasteiger partial charge in [-0.1, -0.05) is 11.2 Å².